The molecule has 3 N–H and O–H groups in total. The zero-order valence-corrected chi connectivity index (χ0v) is 19.1. The molecular weight excluding hydrogens is 360 g/mol. The summed E-state index contributed by atoms with van der Waals surface area (Å²) in [6.45, 7) is 16.9. The predicted octanol–water partition coefficient (Wildman–Crippen LogP) is 4.47. The largest absolute Gasteiger partial charge is 0.393 e. The maximum atomic E-state index is 11.0. The number of hydrogen-bond donors (Lipinski definition) is 3. The molecule has 0 amide bonds. The number of allylic oxidation sites excluding steroid dienone is 1. The van der Waals surface area contributed by atoms with Crippen LogP contribution in [0.4, 0.5) is 0 Å². The van der Waals surface area contributed by atoms with Gasteiger partial charge < -0.3 is 15.3 Å². The zero-order chi connectivity index (χ0) is 21.8. The van der Waals surface area contributed by atoms with Gasteiger partial charge in [0.1, 0.15) is 5.60 Å². The van der Waals surface area contributed by atoms with Gasteiger partial charge in [-0.05, 0) is 67.3 Å². The SMILES string of the molecule is C=C1C2C[C@@H](O)C[C@]1(O)C2/C=C/[C@@H]1CC[C@](C)([C@H](C)CC#CC(C)(C)O)C1(C)C. The molecule has 0 saturated heterocycles. The van der Waals surface area contributed by atoms with Crippen molar-refractivity contribution >= 4 is 0 Å². The first-order chi connectivity index (χ1) is 13.2. The van der Waals surface area contributed by atoms with E-state index in [0.717, 1.165) is 31.3 Å². The average Bonchev–Trinajstić information content (AvgIpc) is 2.82. The highest BCUT2D eigenvalue weighted by Crippen LogP contribution is 2.62. The van der Waals surface area contributed by atoms with Gasteiger partial charge in [0, 0.05) is 18.8 Å². The number of aliphatic hydroxyl groups is 3. The molecule has 0 spiro atoms. The summed E-state index contributed by atoms with van der Waals surface area (Å²) in [6.07, 6.45) is 8.39. The van der Waals surface area contributed by atoms with Crippen molar-refractivity contribution in [3.8, 4) is 11.8 Å². The molecule has 3 rings (SSSR count). The molecule has 29 heavy (non-hydrogen) atoms. The Morgan fingerprint density at radius 1 is 1.28 bits per heavy atom. The van der Waals surface area contributed by atoms with E-state index in [0.29, 0.717) is 18.3 Å². The van der Waals surface area contributed by atoms with E-state index in [4.69, 9.17) is 0 Å². The van der Waals surface area contributed by atoms with Crippen LogP contribution in [-0.2, 0) is 0 Å². The quantitative estimate of drug-likeness (QED) is 0.482. The summed E-state index contributed by atoms with van der Waals surface area (Å²) in [5.74, 6) is 7.37. The van der Waals surface area contributed by atoms with E-state index >= 15 is 0 Å². The van der Waals surface area contributed by atoms with Crippen molar-refractivity contribution < 1.29 is 15.3 Å². The standard InChI is InChI=1S/C26H40O3/c1-17(9-8-13-23(3,4)28)25(7)14-12-19(24(25,5)6)10-11-22-21-15-20(27)16-26(22,29)18(21)2/h10-11,17,19-22,27-29H,2,9,12,14-16H2,1,3-7H3/b11-10+/t17-,19-,20-,21?,22?,25-,26-/m1/s1. The Morgan fingerprint density at radius 2 is 1.93 bits per heavy atom. The second-order valence-electron chi connectivity index (χ2n) is 11.3. The van der Waals surface area contributed by atoms with Crippen molar-refractivity contribution in [2.75, 3.05) is 0 Å². The maximum absolute atomic E-state index is 11.0. The molecule has 3 aliphatic rings. The van der Waals surface area contributed by atoms with Crippen LogP contribution in [0, 0.1) is 46.3 Å². The molecule has 0 aromatic heterocycles. The molecule has 3 aliphatic carbocycles. The summed E-state index contributed by atoms with van der Waals surface area (Å²) in [6, 6.07) is 0. The van der Waals surface area contributed by atoms with Gasteiger partial charge in [0.15, 0.2) is 0 Å². The number of aliphatic hydroxyl groups excluding tert-OH is 1. The lowest BCUT2D eigenvalue weighted by Gasteiger charge is -2.58. The highest BCUT2D eigenvalue weighted by Gasteiger charge is 2.60. The Balaban J connectivity index is 1.71. The number of hydrogen-bond acceptors (Lipinski definition) is 3. The fraction of sp³-hybridized carbons (Fsp3) is 0.769. The minimum atomic E-state index is -0.935. The predicted molar refractivity (Wildman–Crippen MR) is 118 cm³/mol. The van der Waals surface area contributed by atoms with Crippen LogP contribution >= 0.6 is 0 Å². The smallest absolute Gasteiger partial charge is 0.119 e. The number of rotatable bonds is 4. The summed E-state index contributed by atoms with van der Waals surface area (Å²) < 4.78 is 0. The molecule has 7 atom stereocenters. The molecule has 3 heteroatoms. The lowest BCUT2D eigenvalue weighted by Crippen LogP contribution is -2.61. The molecule has 0 aliphatic heterocycles. The minimum Gasteiger partial charge on any atom is -0.393 e. The fourth-order valence-corrected chi connectivity index (χ4v) is 6.25. The summed E-state index contributed by atoms with van der Waals surface area (Å²) in [5, 5.41) is 30.8. The van der Waals surface area contributed by atoms with Crippen molar-refractivity contribution in [2.45, 2.75) is 91.0 Å². The summed E-state index contributed by atoms with van der Waals surface area (Å²) in [5.41, 5.74) is -0.646. The summed E-state index contributed by atoms with van der Waals surface area (Å²) >= 11 is 0. The van der Waals surface area contributed by atoms with E-state index in [1.165, 1.54) is 0 Å². The molecule has 3 nitrogen and oxygen atoms in total. The van der Waals surface area contributed by atoms with Crippen LogP contribution in [0.15, 0.2) is 24.3 Å². The molecule has 0 heterocycles. The molecule has 0 aromatic carbocycles. The monoisotopic (exact) mass is 400 g/mol. The van der Waals surface area contributed by atoms with Gasteiger partial charge in [-0.15, -0.1) is 0 Å². The minimum absolute atomic E-state index is 0.0936. The van der Waals surface area contributed by atoms with Crippen LogP contribution < -0.4 is 0 Å². The van der Waals surface area contributed by atoms with E-state index in [1.807, 2.05) is 0 Å². The highest BCUT2D eigenvalue weighted by atomic mass is 16.3. The Hall–Kier alpha value is -1.08. The first kappa shape index (κ1) is 22.6. The molecule has 3 saturated carbocycles. The highest BCUT2D eigenvalue weighted by molar-refractivity contribution is 5.37. The van der Waals surface area contributed by atoms with Crippen LogP contribution in [0.1, 0.15) is 73.6 Å². The molecule has 2 unspecified atom stereocenters. The van der Waals surface area contributed by atoms with E-state index in [-0.39, 0.29) is 22.7 Å². The van der Waals surface area contributed by atoms with Gasteiger partial charge in [-0.1, -0.05) is 58.3 Å². The van der Waals surface area contributed by atoms with Crippen molar-refractivity contribution in [2.24, 2.45) is 34.5 Å². The Morgan fingerprint density at radius 3 is 2.52 bits per heavy atom. The second kappa shape index (κ2) is 7.26. The third kappa shape index (κ3) is 3.73. The summed E-state index contributed by atoms with van der Waals surface area (Å²) in [4.78, 5) is 0. The van der Waals surface area contributed by atoms with E-state index < -0.39 is 17.3 Å². The molecule has 162 valence electrons. The van der Waals surface area contributed by atoms with Gasteiger partial charge in [-0.3, -0.25) is 0 Å². The first-order valence-corrected chi connectivity index (χ1v) is 11.2. The van der Waals surface area contributed by atoms with Gasteiger partial charge in [0.05, 0.1) is 11.7 Å². The molecular formula is C26H40O3. The fourth-order valence-electron chi connectivity index (χ4n) is 6.25. The van der Waals surface area contributed by atoms with E-state index in [9.17, 15) is 15.3 Å². The van der Waals surface area contributed by atoms with Gasteiger partial charge in [0.2, 0.25) is 0 Å². The van der Waals surface area contributed by atoms with Gasteiger partial charge in [-0.2, -0.15) is 0 Å². The van der Waals surface area contributed by atoms with Crippen LogP contribution in [-0.4, -0.2) is 32.6 Å². The molecule has 0 aromatic rings. The van der Waals surface area contributed by atoms with Crippen molar-refractivity contribution in [3.05, 3.63) is 24.3 Å². The Bertz CT molecular complexity index is 746. The summed E-state index contributed by atoms with van der Waals surface area (Å²) in [7, 11) is 0. The second-order valence-corrected chi connectivity index (χ2v) is 11.3. The molecule has 2 bridgehead atoms. The number of fused-ring (bicyclic) bond motifs is 2. The van der Waals surface area contributed by atoms with Crippen LogP contribution in [0.5, 0.6) is 0 Å². The van der Waals surface area contributed by atoms with E-state index in [1.54, 1.807) is 13.8 Å². The van der Waals surface area contributed by atoms with Crippen LogP contribution in [0.3, 0.4) is 0 Å². The topological polar surface area (TPSA) is 60.7 Å². The van der Waals surface area contributed by atoms with Crippen molar-refractivity contribution in [1.29, 1.82) is 0 Å². The Kier molecular flexibility index (Phi) is 5.66. The van der Waals surface area contributed by atoms with Crippen molar-refractivity contribution in [1.82, 2.24) is 0 Å². The van der Waals surface area contributed by atoms with Gasteiger partial charge in [0.25, 0.3) is 0 Å². The molecule has 0 radical (unpaired) electrons. The maximum Gasteiger partial charge on any atom is 0.119 e. The lowest BCUT2D eigenvalue weighted by atomic mass is 9.50. The zero-order valence-electron chi connectivity index (χ0n) is 19.1. The Labute approximate surface area is 177 Å². The first-order valence-electron chi connectivity index (χ1n) is 11.2. The van der Waals surface area contributed by atoms with E-state index in [2.05, 4.69) is 58.3 Å². The lowest BCUT2D eigenvalue weighted by molar-refractivity contribution is -0.126. The van der Waals surface area contributed by atoms with Gasteiger partial charge in [-0.25, -0.2) is 0 Å². The van der Waals surface area contributed by atoms with Gasteiger partial charge >= 0.3 is 0 Å². The third-order valence-corrected chi connectivity index (χ3v) is 8.88. The van der Waals surface area contributed by atoms with Crippen molar-refractivity contribution in [3.63, 3.8) is 0 Å². The average molecular weight is 401 g/mol. The van der Waals surface area contributed by atoms with Crippen LogP contribution in [0.25, 0.3) is 0 Å². The third-order valence-electron chi connectivity index (χ3n) is 8.88. The normalized spacial score (nSPS) is 42.3. The van der Waals surface area contributed by atoms with Crippen LogP contribution in [0.2, 0.25) is 0 Å². The molecule has 3 fully saturated rings.